The van der Waals surface area contributed by atoms with Gasteiger partial charge in [0.25, 0.3) is 0 Å². The molecule has 2 aromatic carbocycles. The molecule has 1 aromatic heterocycles. The second-order valence-electron chi connectivity index (χ2n) is 8.03. The summed E-state index contributed by atoms with van der Waals surface area (Å²) in [7, 11) is 1.70. The Kier molecular flexibility index (Phi) is 7.35. The van der Waals surface area contributed by atoms with Crippen LogP contribution in [-0.2, 0) is 11.3 Å². The Morgan fingerprint density at radius 3 is 2.42 bits per heavy atom. The third kappa shape index (κ3) is 5.34. The van der Waals surface area contributed by atoms with E-state index < -0.39 is 6.10 Å². The summed E-state index contributed by atoms with van der Waals surface area (Å²) in [5, 5.41) is 15.3. The van der Waals surface area contributed by atoms with Crippen molar-refractivity contribution < 1.29 is 14.4 Å². The van der Waals surface area contributed by atoms with Gasteiger partial charge in [-0.05, 0) is 18.4 Å². The van der Waals surface area contributed by atoms with Crippen molar-refractivity contribution in [2.75, 3.05) is 44.8 Å². The van der Waals surface area contributed by atoms with Gasteiger partial charge in [-0.15, -0.1) is 0 Å². The van der Waals surface area contributed by atoms with Crippen LogP contribution in [0, 0.1) is 0 Å². The van der Waals surface area contributed by atoms with Crippen LogP contribution in [0.3, 0.4) is 0 Å². The SMILES string of the molecule is COCCN(Cc1c(-c2ccccc2)noc1N1CCCC1)CC(O)c1ccccc1. The van der Waals surface area contributed by atoms with Crippen molar-refractivity contribution in [1.29, 1.82) is 0 Å². The number of aromatic nitrogens is 1. The van der Waals surface area contributed by atoms with E-state index in [1.54, 1.807) is 7.11 Å². The Morgan fingerprint density at radius 2 is 1.74 bits per heavy atom. The van der Waals surface area contributed by atoms with Gasteiger partial charge in [0.15, 0.2) is 0 Å². The molecule has 1 fully saturated rings. The molecule has 164 valence electrons. The van der Waals surface area contributed by atoms with Crippen molar-refractivity contribution in [2.24, 2.45) is 0 Å². The van der Waals surface area contributed by atoms with Gasteiger partial charge in [-0.3, -0.25) is 4.90 Å². The highest BCUT2D eigenvalue weighted by atomic mass is 16.5. The maximum Gasteiger partial charge on any atom is 0.232 e. The minimum atomic E-state index is -0.576. The van der Waals surface area contributed by atoms with Gasteiger partial charge in [-0.2, -0.15) is 0 Å². The molecule has 2 heterocycles. The third-order valence-corrected chi connectivity index (χ3v) is 5.82. The average molecular weight is 422 g/mol. The second-order valence-corrected chi connectivity index (χ2v) is 8.03. The summed E-state index contributed by atoms with van der Waals surface area (Å²) >= 11 is 0. The third-order valence-electron chi connectivity index (χ3n) is 5.82. The largest absolute Gasteiger partial charge is 0.387 e. The van der Waals surface area contributed by atoms with Crippen molar-refractivity contribution in [3.63, 3.8) is 0 Å². The van der Waals surface area contributed by atoms with Crippen LogP contribution < -0.4 is 4.90 Å². The van der Waals surface area contributed by atoms with Crippen molar-refractivity contribution in [3.8, 4) is 11.3 Å². The summed E-state index contributed by atoms with van der Waals surface area (Å²) in [6.45, 7) is 4.41. The standard InChI is InChI=1S/C25H31N3O3/c1-30-17-16-27(19-23(29)20-10-4-2-5-11-20)18-22-24(21-12-6-3-7-13-21)26-31-25(22)28-14-8-9-15-28/h2-7,10-13,23,29H,8-9,14-19H2,1H3. The van der Waals surface area contributed by atoms with E-state index in [4.69, 9.17) is 9.26 Å². The molecule has 4 rings (SSSR count). The van der Waals surface area contributed by atoms with Gasteiger partial charge in [0.1, 0.15) is 5.69 Å². The van der Waals surface area contributed by atoms with Crippen LogP contribution in [0.1, 0.15) is 30.1 Å². The highest BCUT2D eigenvalue weighted by molar-refractivity contribution is 5.68. The molecule has 0 spiro atoms. The molecular formula is C25H31N3O3. The summed E-state index contributed by atoms with van der Waals surface area (Å²) in [4.78, 5) is 4.51. The minimum absolute atomic E-state index is 0.506. The predicted molar refractivity (Wildman–Crippen MR) is 122 cm³/mol. The molecule has 1 aliphatic rings. The van der Waals surface area contributed by atoms with Crippen molar-refractivity contribution >= 4 is 5.88 Å². The van der Waals surface area contributed by atoms with Crippen LogP contribution in [0.25, 0.3) is 11.3 Å². The number of aliphatic hydroxyl groups excluding tert-OH is 1. The number of ether oxygens (including phenoxy) is 1. The van der Waals surface area contributed by atoms with E-state index in [-0.39, 0.29) is 0 Å². The molecule has 0 amide bonds. The van der Waals surface area contributed by atoms with Gasteiger partial charge < -0.3 is 19.3 Å². The molecular weight excluding hydrogens is 390 g/mol. The first-order chi connectivity index (χ1) is 15.3. The zero-order valence-corrected chi connectivity index (χ0v) is 18.1. The first-order valence-electron chi connectivity index (χ1n) is 11.0. The summed E-state index contributed by atoms with van der Waals surface area (Å²) in [5.41, 5.74) is 3.91. The summed E-state index contributed by atoms with van der Waals surface area (Å²) in [5.74, 6) is 0.855. The molecule has 1 atom stereocenters. The summed E-state index contributed by atoms with van der Waals surface area (Å²) in [6.07, 6.45) is 1.76. The predicted octanol–water partition coefficient (Wildman–Crippen LogP) is 4.12. The van der Waals surface area contributed by atoms with E-state index >= 15 is 0 Å². The number of methoxy groups -OCH3 is 1. The summed E-state index contributed by atoms with van der Waals surface area (Å²) in [6, 6.07) is 20.0. The van der Waals surface area contributed by atoms with Crippen LogP contribution in [0.2, 0.25) is 0 Å². The zero-order chi connectivity index (χ0) is 21.5. The smallest absolute Gasteiger partial charge is 0.232 e. The Bertz CT molecular complexity index is 924. The van der Waals surface area contributed by atoms with Crippen LogP contribution in [-0.4, -0.2) is 55.1 Å². The van der Waals surface area contributed by atoms with Crippen LogP contribution in [0.5, 0.6) is 0 Å². The lowest BCUT2D eigenvalue weighted by atomic mass is 10.1. The lowest BCUT2D eigenvalue weighted by Crippen LogP contribution is -2.32. The molecule has 1 saturated heterocycles. The topological polar surface area (TPSA) is 62.0 Å². The minimum Gasteiger partial charge on any atom is -0.387 e. The fourth-order valence-electron chi connectivity index (χ4n) is 4.14. The Labute approximate surface area is 184 Å². The lowest BCUT2D eigenvalue weighted by molar-refractivity contribution is 0.0850. The van der Waals surface area contributed by atoms with E-state index in [0.717, 1.165) is 41.4 Å². The van der Waals surface area contributed by atoms with Crippen molar-refractivity contribution in [3.05, 3.63) is 71.8 Å². The van der Waals surface area contributed by atoms with Crippen molar-refractivity contribution in [2.45, 2.75) is 25.5 Å². The first-order valence-corrected chi connectivity index (χ1v) is 11.0. The molecule has 1 unspecified atom stereocenters. The molecule has 6 nitrogen and oxygen atoms in total. The van der Waals surface area contributed by atoms with E-state index in [9.17, 15) is 5.11 Å². The van der Waals surface area contributed by atoms with Gasteiger partial charge in [-0.1, -0.05) is 65.8 Å². The van der Waals surface area contributed by atoms with E-state index in [1.165, 1.54) is 12.8 Å². The Hall–Kier alpha value is -2.67. The number of hydrogen-bond donors (Lipinski definition) is 1. The quantitative estimate of drug-likeness (QED) is 0.531. The molecule has 1 N–H and O–H groups in total. The molecule has 1 aliphatic heterocycles. The number of benzene rings is 2. The first kappa shape index (κ1) is 21.6. The molecule has 6 heteroatoms. The number of rotatable bonds is 10. The Balaban J connectivity index is 1.62. The van der Waals surface area contributed by atoms with Crippen LogP contribution in [0.4, 0.5) is 5.88 Å². The fraction of sp³-hybridized carbons (Fsp3) is 0.400. The second kappa shape index (κ2) is 10.6. The highest BCUT2D eigenvalue weighted by Crippen LogP contribution is 2.34. The van der Waals surface area contributed by atoms with Gasteiger partial charge in [0.2, 0.25) is 5.88 Å². The lowest BCUT2D eigenvalue weighted by Gasteiger charge is -2.26. The number of aliphatic hydroxyl groups is 1. The fourth-order valence-corrected chi connectivity index (χ4v) is 4.14. The number of nitrogens with zero attached hydrogens (tertiary/aromatic N) is 3. The maximum absolute atomic E-state index is 10.9. The summed E-state index contributed by atoms with van der Waals surface area (Å²) < 4.78 is 11.2. The molecule has 31 heavy (non-hydrogen) atoms. The molecule has 0 saturated carbocycles. The number of hydrogen-bond acceptors (Lipinski definition) is 6. The molecule has 0 radical (unpaired) electrons. The zero-order valence-electron chi connectivity index (χ0n) is 18.1. The monoisotopic (exact) mass is 421 g/mol. The maximum atomic E-state index is 10.9. The van der Waals surface area contributed by atoms with Crippen molar-refractivity contribution in [1.82, 2.24) is 10.1 Å². The van der Waals surface area contributed by atoms with Crippen LogP contribution in [0.15, 0.2) is 65.2 Å². The van der Waals surface area contributed by atoms with Gasteiger partial charge in [0.05, 0.1) is 18.3 Å². The average Bonchev–Trinajstić information content (AvgIpc) is 3.48. The number of anilines is 1. The van der Waals surface area contributed by atoms with E-state index in [1.807, 2.05) is 48.5 Å². The van der Waals surface area contributed by atoms with E-state index in [2.05, 4.69) is 27.1 Å². The van der Waals surface area contributed by atoms with Gasteiger partial charge in [-0.25, -0.2) is 0 Å². The van der Waals surface area contributed by atoms with E-state index in [0.29, 0.717) is 26.2 Å². The molecule has 0 aliphatic carbocycles. The molecule has 3 aromatic rings. The van der Waals surface area contributed by atoms with Gasteiger partial charge in [0, 0.05) is 45.4 Å². The Morgan fingerprint density at radius 1 is 1.06 bits per heavy atom. The highest BCUT2D eigenvalue weighted by Gasteiger charge is 2.26. The normalized spacial score (nSPS) is 15.0. The van der Waals surface area contributed by atoms with Crippen LogP contribution >= 0.6 is 0 Å². The molecule has 0 bridgehead atoms. The van der Waals surface area contributed by atoms with Gasteiger partial charge >= 0.3 is 0 Å².